The molecule has 1 aromatic carbocycles. The van der Waals surface area contributed by atoms with Gasteiger partial charge in [0, 0.05) is 0 Å². The predicted octanol–water partition coefficient (Wildman–Crippen LogP) is 3.54. The van der Waals surface area contributed by atoms with Crippen molar-refractivity contribution in [1.29, 1.82) is 0 Å². The monoisotopic (exact) mass is 420 g/mol. The Morgan fingerprint density at radius 1 is 0.967 bits per heavy atom. The van der Waals surface area contributed by atoms with Crippen LogP contribution in [0.1, 0.15) is 52.5 Å². The molecule has 3 atom stereocenters. The van der Waals surface area contributed by atoms with Gasteiger partial charge in [-0.25, -0.2) is 9.59 Å². The lowest BCUT2D eigenvalue weighted by molar-refractivity contribution is -0.149. The SMILES string of the molecule is CCOC(=O)[C@@H]1CC[C@@H](NC(=O)OCc2ccccc2)[C@H](NC(=O)OC(C)(C)C)C1. The first kappa shape index (κ1) is 23.5. The van der Waals surface area contributed by atoms with Crippen LogP contribution in [0, 0.1) is 5.92 Å². The Bertz CT molecular complexity index is 716. The maximum absolute atomic E-state index is 12.3. The molecule has 0 aliphatic heterocycles. The maximum Gasteiger partial charge on any atom is 0.407 e. The Kier molecular flexibility index (Phi) is 8.50. The third-order valence-electron chi connectivity index (χ3n) is 4.69. The fourth-order valence-corrected chi connectivity index (χ4v) is 3.35. The summed E-state index contributed by atoms with van der Waals surface area (Å²) in [6, 6.07) is 8.49. The lowest BCUT2D eigenvalue weighted by atomic mass is 9.82. The summed E-state index contributed by atoms with van der Waals surface area (Å²) < 4.78 is 15.7. The molecule has 0 radical (unpaired) electrons. The van der Waals surface area contributed by atoms with Crippen molar-refractivity contribution in [2.75, 3.05) is 6.61 Å². The molecule has 8 heteroatoms. The van der Waals surface area contributed by atoms with Crippen molar-refractivity contribution in [3.8, 4) is 0 Å². The molecule has 0 bridgehead atoms. The molecular weight excluding hydrogens is 388 g/mol. The lowest BCUT2D eigenvalue weighted by Gasteiger charge is -2.36. The predicted molar refractivity (Wildman–Crippen MR) is 111 cm³/mol. The van der Waals surface area contributed by atoms with Crippen LogP contribution in [0.25, 0.3) is 0 Å². The number of nitrogens with one attached hydrogen (secondary N) is 2. The minimum absolute atomic E-state index is 0.148. The minimum atomic E-state index is -0.656. The number of carbonyl (C=O) groups is 3. The molecule has 2 amide bonds. The van der Waals surface area contributed by atoms with Gasteiger partial charge in [0.2, 0.25) is 0 Å². The van der Waals surface area contributed by atoms with E-state index in [-0.39, 0.29) is 24.5 Å². The molecule has 1 aliphatic rings. The van der Waals surface area contributed by atoms with Crippen molar-refractivity contribution >= 4 is 18.2 Å². The van der Waals surface area contributed by atoms with E-state index in [1.807, 2.05) is 30.3 Å². The summed E-state index contributed by atoms with van der Waals surface area (Å²) in [7, 11) is 0. The highest BCUT2D eigenvalue weighted by Crippen LogP contribution is 2.26. The highest BCUT2D eigenvalue weighted by molar-refractivity contribution is 5.74. The van der Waals surface area contributed by atoms with E-state index in [2.05, 4.69) is 10.6 Å². The molecule has 0 spiro atoms. The van der Waals surface area contributed by atoms with Crippen LogP contribution in [0.15, 0.2) is 30.3 Å². The van der Waals surface area contributed by atoms with Crippen LogP contribution in [0.5, 0.6) is 0 Å². The number of rotatable bonds is 6. The Morgan fingerprint density at radius 3 is 2.27 bits per heavy atom. The molecule has 166 valence electrons. The molecule has 0 heterocycles. The van der Waals surface area contributed by atoms with Crippen molar-refractivity contribution in [3.63, 3.8) is 0 Å². The molecule has 0 aromatic heterocycles. The van der Waals surface area contributed by atoms with Crippen LogP contribution in [-0.4, -0.2) is 42.4 Å². The zero-order valence-corrected chi connectivity index (χ0v) is 18.1. The van der Waals surface area contributed by atoms with Crippen LogP contribution in [-0.2, 0) is 25.6 Å². The number of alkyl carbamates (subject to hydrolysis) is 2. The van der Waals surface area contributed by atoms with Crippen molar-refractivity contribution in [2.45, 2.75) is 71.2 Å². The van der Waals surface area contributed by atoms with Gasteiger partial charge in [-0.15, -0.1) is 0 Å². The summed E-state index contributed by atoms with van der Waals surface area (Å²) >= 11 is 0. The molecule has 0 unspecified atom stereocenters. The summed E-state index contributed by atoms with van der Waals surface area (Å²) in [5.41, 5.74) is 0.221. The molecule has 1 fully saturated rings. The summed E-state index contributed by atoms with van der Waals surface area (Å²) in [5.74, 6) is -0.637. The second kappa shape index (κ2) is 10.8. The van der Waals surface area contributed by atoms with Gasteiger partial charge in [-0.05, 0) is 52.5 Å². The van der Waals surface area contributed by atoms with Crippen LogP contribution < -0.4 is 10.6 Å². The molecule has 30 heavy (non-hydrogen) atoms. The Labute approximate surface area is 177 Å². The van der Waals surface area contributed by atoms with Gasteiger partial charge in [-0.1, -0.05) is 30.3 Å². The van der Waals surface area contributed by atoms with Crippen molar-refractivity contribution < 1.29 is 28.6 Å². The molecule has 8 nitrogen and oxygen atoms in total. The molecular formula is C22H32N2O6. The normalized spacial score (nSPS) is 21.3. The number of ether oxygens (including phenoxy) is 3. The van der Waals surface area contributed by atoms with E-state index in [0.717, 1.165) is 5.56 Å². The second-order valence-electron chi connectivity index (χ2n) is 8.33. The van der Waals surface area contributed by atoms with E-state index in [4.69, 9.17) is 14.2 Å². The summed E-state index contributed by atoms with van der Waals surface area (Å²) in [6.07, 6.45) is 0.233. The topological polar surface area (TPSA) is 103 Å². The first-order valence-corrected chi connectivity index (χ1v) is 10.3. The van der Waals surface area contributed by atoms with Crippen LogP contribution in [0.4, 0.5) is 9.59 Å². The third-order valence-corrected chi connectivity index (χ3v) is 4.69. The third kappa shape index (κ3) is 7.93. The maximum atomic E-state index is 12.3. The van der Waals surface area contributed by atoms with Gasteiger partial charge in [0.1, 0.15) is 12.2 Å². The van der Waals surface area contributed by atoms with E-state index in [0.29, 0.717) is 25.9 Å². The average molecular weight is 421 g/mol. The van der Waals surface area contributed by atoms with Gasteiger partial charge < -0.3 is 24.8 Å². The summed E-state index contributed by atoms with van der Waals surface area (Å²) in [6.45, 7) is 7.51. The molecule has 1 aliphatic carbocycles. The molecule has 1 saturated carbocycles. The lowest BCUT2D eigenvalue weighted by Crippen LogP contribution is -2.56. The standard InChI is InChI=1S/C22H32N2O6/c1-5-28-19(25)16-11-12-17(18(13-16)24-21(27)30-22(2,3)4)23-20(26)29-14-15-9-7-6-8-10-15/h6-10,16-18H,5,11-14H2,1-4H3,(H,23,26)(H,24,27)/t16-,17-,18-/m1/s1. The Hall–Kier alpha value is -2.77. The highest BCUT2D eigenvalue weighted by atomic mass is 16.6. The quantitative estimate of drug-likeness (QED) is 0.539. The minimum Gasteiger partial charge on any atom is -0.466 e. The summed E-state index contributed by atoms with van der Waals surface area (Å²) in [5, 5.41) is 5.61. The largest absolute Gasteiger partial charge is 0.466 e. The van der Waals surface area contributed by atoms with Crippen molar-refractivity contribution in [2.24, 2.45) is 5.92 Å². The average Bonchev–Trinajstić information content (AvgIpc) is 2.67. The smallest absolute Gasteiger partial charge is 0.407 e. The van der Waals surface area contributed by atoms with E-state index >= 15 is 0 Å². The van der Waals surface area contributed by atoms with Gasteiger partial charge >= 0.3 is 18.2 Å². The Balaban J connectivity index is 1.98. The number of hydrogen-bond donors (Lipinski definition) is 2. The van der Waals surface area contributed by atoms with E-state index in [9.17, 15) is 14.4 Å². The fraction of sp³-hybridized carbons (Fsp3) is 0.591. The van der Waals surface area contributed by atoms with Gasteiger partial charge in [0.15, 0.2) is 0 Å². The van der Waals surface area contributed by atoms with Crippen molar-refractivity contribution in [1.82, 2.24) is 10.6 Å². The molecule has 1 aromatic rings. The van der Waals surface area contributed by atoms with Crippen LogP contribution >= 0.6 is 0 Å². The van der Waals surface area contributed by atoms with E-state index in [1.165, 1.54) is 0 Å². The van der Waals surface area contributed by atoms with Gasteiger partial charge in [-0.3, -0.25) is 4.79 Å². The fourth-order valence-electron chi connectivity index (χ4n) is 3.35. The first-order chi connectivity index (χ1) is 14.2. The number of carbonyl (C=O) groups excluding carboxylic acids is 3. The van der Waals surface area contributed by atoms with E-state index < -0.39 is 23.8 Å². The highest BCUT2D eigenvalue weighted by Gasteiger charge is 2.37. The van der Waals surface area contributed by atoms with E-state index in [1.54, 1.807) is 27.7 Å². The van der Waals surface area contributed by atoms with Gasteiger partial charge in [-0.2, -0.15) is 0 Å². The zero-order valence-electron chi connectivity index (χ0n) is 18.1. The van der Waals surface area contributed by atoms with Crippen molar-refractivity contribution in [3.05, 3.63) is 35.9 Å². The van der Waals surface area contributed by atoms with Gasteiger partial charge in [0.05, 0.1) is 24.6 Å². The first-order valence-electron chi connectivity index (χ1n) is 10.3. The molecule has 2 N–H and O–H groups in total. The summed E-state index contributed by atoms with van der Waals surface area (Å²) in [4.78, 5) is 36.7. The molecule has 2 rings (SSSR count). The van der Waals surface area contributed by atoms with Crippen LogP contribution in [0.3, 0.4) is 0 Å². The second-order valence-corrected chi connectivity index (χ2v) is 8.33. The molecule has 0 saturated heterocycles. The zero-order chi connectivity index (χ0) is 22.1. The van der Waals surface area contributed by atoms with Gasteiger partial charge in [0.25, 0.3) is 0 Å². The number of amides is 2. The number of benzene rings is 1. The Morgan fingerprint density at radius 2 is 1.63 bits per heavy atom. The van der Waals surface area contributed by atoms with Crippen LogP contribution in [0.2, 0.25) is 0 Å². The number of hydrogen-bond acceptors (Lipinski definition) is 6. The number of esters is 1.